The molecule has 0 fully saturated rings. The molecule has 5 nitrogen and oxygen atoms in total. The van der Waals surface area contributed by atoms with E-state index in [2.05, 4.69) is 20.0 Å². The van der Waals surface area contributed by atoms with Crippen LogP contribution in [0.3, 0.4) is 0 Å². The fourth-order valence-electron chi connectivity index (χ4n) is 1.64. The van der Waals surface area contributed by atoms with Gasteiger partial charge in [-0.15, -0.1) is 0 Å². The minimum Gasteiger partial charge on any atom is -0.467 e. The van der Waals surface area contributed by atoms with Crippen LogP contribution in [0.4, 0.5) is 38.0 Å². The summed E-state index contributed by atoms with van der Waals surface area (Å²) in [6.07, 6.45) is -9.48. The van der Waals surface area contributed by atoms with Crippen LogP contribution in [0, 0.1) is 11.3 Å². The molecule has 2 aromatic rings. The van der Waals surface area contributed by atoms with Gasteiger partial charge in [0.25, 0.3) is 0 Å². The number of hydrogen-bond donors (Lipinski definition) is 1. The van der Waals surface area contributed by atoms with Crippen molar-refractivity contribution in [2.45, 2.75) is 12.4 Å². The zero-order chi connectivity index (χ0) is 18.7. The van der Waals surface area contributed by atoms with Crippen molar-refractivity contribution in [2.24, 2.45) is 0 Å². The Labute approximate surface area is 136 Å². The first-order chi connectivity index (χ1) is 11.6. The summed E-state index contributed by atoms with van der Waals surface area (Å²) >= 11 is 0. The molecule has 0 spiro atoms. The van der Waals surface area contributed by atoms with Gasteiger partial charge in [-0.25, -0.2) is 4.98 Å². The summed E-state index contributed by atoms with van der Waals surface area (Å²) in [7, 11) is 0. The van der Waals surface area contributed by atoms with Gasteiger partial charge in [-0.2, -0.15) is 36.6 Å². The zero-order valence-corrected chi connectivity index (χ0v) is 12.1. The summed E-state index contributed by atoms with van der Waals surface area (Å²) in [5, 5.41) is 11.2. The molecule has 1 heterocycles. The van der Waals surface area contributed by atoms with E-state index in [1.165, 1.54) is 24.3 Å². The van der Waals surface area contributed by atoms with E-state index in [0.717, 1.165) is 0 Å². The number of nitriles is 1. The van der Waals surface area contributed by atoms with Crippen LogP contribution in [0.25, 0.3) is 0 Å². The highest BCUT2D eigenvalue weighted by Gasteiger charge is 2.38. The van der Waals surface area contributed by atoms with Crippen LogP contribution < -0.4 is 10.1 Å². The number of benzene rings is 1. The predicted octanol–water partition coefficient (Wildman–Crippen LogP) is 4.05. The fraction of sp³-hybridized carbons (Fsp3) is 0.214. The maximum Gasteiger partial charge on any atom is 0.423 e. The van der Waals surface area contributed by atoms with Gasteiger partial charge in [-0.1, -0.05) is 0 Å². The van der Waals surface area contributed by atoms with Gasteiger partial charge >= 0.3 is 12.4 Å². The molecule has 25 heavy (non-hydrogen) atoms. The minimum absolute atomic E-state index is 0.320. The average Bonchev–Trinajstić information content (AvgIpc) is 2.52. The van der Waals surface area contributed by atoms with Crippen LogP contribution >= 0.6 is 0 Å². The average molecular weight is 362 g/mol. The lowest BCUT2D eigenvalue weighted by Gasteiger charge is -2.15. The molecular weight excluding hydrogens is 354 g/mol. The lowest BCUT2D eigenvalue weighted by atomic mass is 10.2. The first-order valence-corrected chi connectivity index (χ1v) is 6.49. The molecule has 132 valence electrons. The SMILES string of the molecule is N#Cc1ccc(Nc2ncc(C(F)(F)F)c(OCC(F)(F)F)n2)cc1. The van der Waals surface area contributed by atoms with Gasteiger partial charge in [0, 0.05) is 11.9 Å². The molecule has 0 amide bonds. The van der Waals surface area contributed by atoms with Crippen molar-refractivity contribution in [3.05, 3.63) is 41.6 Å². The molecule has 2 rings (SSSR count). The second kappa shape index (κ2) is 6.84. The third kappa shape index (κ3) is 5.23. The predicted molar refractivity (Wildman–Crippen MR) is 73.0 cm³/mol. The topological polar surface area (TPSA) is 70.8 Å². The summed E-state index contributed by atoms with van der Waals surface area (Å²) < 4.78 is 79.2. The quantitative estimate of drug-likeness (QED) is 0.831. The summed E-state index contributed by atoms with van der Waals surface area (Å²) in [6.45, 7) is -1.93. The van der Waals surface area contributed by atoms with E-state index in [-0.39, 0.29) is 0 Å². The number of halogens is 6. The molecule has 11 heteroatoms. The van der Waals surface area contributed by atoms with Gasteiger partial charge < -0.3 is 10.1 Å². The number of nitrogens with one attached hydrogen (secondary N) is 1. The van der Waals surface area contributed by atoms with Crippen molar-refractivity contribution in [3.8, 4) is 11.9 Å². The summed E-state index contributed by atoms with van der Waals surface area (Å²) in [4.78, 5) is 6.77. The first kappa shape index (κ1) is 18.3. The highest BCUT2D eigenvalue weighted by molar-refractivity contribution is 5.55. The van der Waals surface area contributed by atoms with Gasteiger partial charge in [0.15, 0.2) is 6.61 Å². The van der Waals surface area contributed by atoms with Crippen molar-refractivity contribution in [2.75, 3.05) is 11.9 Å². The van der Waals surface area contributed by atoms with E-state index in [1.54, 1.807) is 0 Å². The number of nitrogens with zero attached hydrogens (tertiary/aromatic N) is 3. The standard InChI is InChI=1S/C14H8F6N4O/c15-13(16,17)7-25-11-10(14(18,19)20)6-22-12(24-11)23-9-3-1-8(5-21)2-4-9/h1-4,6H,7H2,(H,22,23,24). The maximum atomic E-state index is 12.8. The number of rotatable bonds is 4. The Balaban J connectivity index is 2.28. The third-order valence-corrected chi connectivity index (χ3v) is 2.70. The van der Waals surface area contributed by atoms with Crippen molar-refractivity contribution < 1.29 is 31.1 Å². The molecule has 0 aliphatic rings. The Morgan fingerprint density at radius 3 is 2.24 bits per heavy atom. The van der Waals surface area contributed by atoms with Crippen LogP contribution in [-0.2, 0) is 6.18 Å². The lowest BCUT2D eigenvalue weighted by molar-refractivity contribution is -0.159. The summed E-state index contributed by atoms with van der Waals surface area (Å²) in [5.41, 5.74) is -0.865. The van der Waals surface area contributed by atoms with Gasteiger partial charge in [-0.05, 0) is 24.3 Å². The smallest absolute Gasteiger partial charge is 0.423 e. The fourth-order valence-corrected chi connectivity index (χ4v) is 1.64. The van der Waals surface area contributed by atoms with Gasteiger partial charge in [0.05, 0.1) is 11.6 Å². The normalized spacial score (nSPS) is 11.7. The van der Waals surface area contributed by atoms with Crippen LogP contribution in [0.2, 0.25) is 0 Å². The molecule has 0 radical (unpaired) electrons. The molecule has 1 N–H and O–H groups in total. The Morgan fingerprint density at radius 2 is 1.72 bits per heavy atom. The van der Waals surface area contributed by atoms with E-state index in [4.69, 9.17) is 5.26 Å². The van der Waals surface area contributed by atoms with Crippen molar-refractivity contribution >= 4 is 11.6 Å². The van der Waals surface area contributed by atoms with E-state index in [1.807, 2.05) is 6.07 Å². The molecule has 0 unspecified atom stereocenters. The van der Waals surface area contributed by atoms with Crippen molar-refractivity contribution in [1.29, 1.82) is 5.26 Å². The molecule has 0 saturated heterocycles. The minimum atomic E-state index is -4.98. The second-order valence-electron chi connectivity index (χ2n) is 4.63. The monoisotopic (exact) mass is 362 g/mol. The highest BCUT2D eigenvalue weighted by Crippen LogP contribution is 2.35. The van der Waals surface area contributed by atoms with E-state index >= 15 is 0 Å². The Kier molecular flexibility index (Phi) is 5.01. The molecule has 0 atom stereocenters. The molecule has 0 aliphatic carbocycles. The van der Waals surface area contributed by atoms with Gasteiger partial charge in [0.2, 0.25) is 11.8 Å². The Bertz CT molecular complexity index is 780. The summed E-state index contributed by atoms with van der Waals surface area (Å²) in [6, 6.07) is 7.57. The Hall–Kier alpha value is -3.03. The van der Waals surface area contributed by atoms with Crippen molar-refractivity contribution in [3.63, 3.8) is 0 Å². The molecule has 1 aromatic heterocycles. The molecule has 0 aliphatic heterocycles. The zero-order valence-electron chi connectivity index (χ0n) is 12.1. The van der Waals surface area contributed by atoms with Gasteiger partial charge in [-0.3, -0.25) is 0 Å². The molecule has 0 bridgehead atoms. The van der Waals surface area contributed by atoms with E-state index in [0.29, 0.717) is 17.4 Å². The Morgan fingerprint density at radius 1 is 1.08 bits per heavy atom. The number of ether oxygens (including phenoxy) is 1. The van der Waals surface area contributed by atoms with Gasteiger partial charge in [0.1, 0.15) is 5.56 Å². The number of anilines is 2. The number of aromatic nitrogens is 2. The van der Waals surface area contributed by atoms with Crippen molar-refractivity contribution in [1.82, 2.24) is 9.97 Å². The molecule has 1 aromatic carbocycles. The summed E-state index contributed by atoms with van der Waals surface area (Å²) in [5.74, 6) is -1.63. The molecule has 0 saturated carbocycles. The van der Waals surface area contributed by atoms with E-state index < -0.39 is 36.4 Å². The van der Waals surface area contributed by atoms with E-state index in [9.17, 15) is 26.3 Å². The highest BCUT2D eigenvalue weighted by atomic mass is 19.4. The third-order valence-electron chi connectivity index (χ3n) is 2.70. The number of hydrogen-bond acceptors (Lipinski definition) is 5. The number of alkyl halides is 6. The maximum absolute atomic E-state index is 12.8. The second-order valence-corrected chi connectivity index (χ2v) is 4.63. The van der Waals surface area contributed by atoms with Crippen LogP contribution in [0.15, 0.2) is 30.5 Å². The molecular formula is C14H8F6N4O. The lowest BCUT2D eigenvalue weighted by Crippen LogP contribution is -2.22. The first-order valence-electron chi connectivity index (χ1n) is 6.49. The van der Waals surface area contributed by atoms with Crippen LogP contribution in [-0.4, -0.2) is 22.8 Å². The van der Waals surface area contributed by atoms with Crippen LogP contribution in [0.5, 0.6) is 5.88 Å². The largest absolute Gasteiger partial charge is 0.467 e. The van der Waals surface area contributed by atoms with Crippen LogP contribution in [0.1, 0.15) is 11.1 Å².